The molecule has 0 spiro atoms. The first-order valence-electron chi connectivity index (χ1n) is 11.5. The van der Waals surface area contributed by atoms with Crippen molar-refractivity contribution in [3.8, 4) is 5.69 Å². The molecule has 174 valence electrons. The second-order valence-corrected chi connectivity index (χ2v) is 10.2. The number of aryl methyl sites for hydroxylation is 1. The molecule has 34 heavy (non-hydrogen) atoms. The number of halogens is 1. The minimum absolute atomic E-state index is 0.487. The quantitative estimate of drug-likeness (QED) is 0.285. The Kier molecular flexibility index (Phi) is 6.36. The van der Waals surface area contributed by atoms with Gasteiger partial charge in [-0.25, -0.2) is 15.0 Å². The lowest BCUT2D eigenvalue weighted by Gasteiger charge is -2.28. The van der Waals surface area contributed by atoms with Gasteiger partial charge in [0.25, 0.3) is 0 Å². The highest BCUT2D eigenvalue weighted by Gasteiger charge is 2.21. The number of anilines is 1. The molecule has 0 saturated heterocycles. The molecule has 0 unspecified atom stereocenters. The van der Waals surface area contributed by atoms with Crippen molar-refractivity contribution in [2.24, 2.45) is 0 Å². The van der Waals surface area contributed by atoms with E-state index < -0.39 is 0 Å². The first kappa shape index (κ1) is 22.9. The third-order valence-electron chi connectivity index (χ3n) is 6.34. The first-order valence-corrected chi connectivity index (χ1v) is 13.1. The van der Waals surface area contributed by atoms with E-state index in [0.717, 1.165) is 53.0 Å². The van der Waals surface area contributed by atoms with E-state index in [9.17, 15) is 0 Å². The standard InChI is InChI=1S/C27H28ClN5S/c1-17(2)21-7-10-23(24(15-21)34-4)33-16-29-25-26(30-18(3)31-27(25)33)32-13-11-20(12-14-32)19-5-8-22(28)9-6-19/h5-11,15-17H,12-14H2,1-4H3. The topological polar surface area (TPSA) is 46.8 Å². The van der Waals surface area contributed by atoms with E-state index in [4.69, 9.17) is 26.6 Å². The van der Waals surface area contributed by atoms with E-state index in [0.29, 0.717) is 5.92 Å². The summed E-state index contributed by atoms with van der Waals surface area (Å²) in [6.07, 6.45) is 7.22. The normalized spacial score (nSPS) is 14.2. The smallest absolute Gasteiger partial charge is 0.170 e. The summed E-state index contributed by atoms with van der Waals surface area (Å²) in [7, 11) is 0. The molecule has 2 aromatic heterocycles. The molecule has 0 atom stereocenters. The molecular weight excluding hydrogens is 462 g/mol. The van der Waals surface area contributed by atoms with Crippen molar-refractivity contribution in [2.45, 2.75) is 38.0 Å². The largest absolute Gasteiger partial charge is 0.351 e. The molecule has 1 aliphatic heterocycles. The molecule has 7 heteroatoms. The lowest BCUT2D eigenvalue weighted by atomic mass is 9.99. The summed E-state index contributed by atoms with van der Waals surface area (Å²) in [5.74, 6) is 2.14. The van der Waals surface area contributed by atoms with Gasteiger partial charge in [0, 0.05) is 23.0 Å². The van der Waals surface area contributed by atoms with Crippen LogP contribution in [0.15, 0.2) is 59.8 Å². The number of fused-ring (bicyclic) bond motifs is 1. The van der Waals surface area contributed by atoms with Crippen LogP contribution in [-0.2, 0) is 0 Å². The fourth-order valence-electron chi connectivity index (χ4n) is 4.43. The summed E-state index contributed by atoms with van der Waals surface area (Å²) in [5, 5.41) is 0.764. The van der Waals surface area contributed by atoms with E-state index in [2.05, 4.69) is 66.0 Å². The Hall–Kier alpha value is -2.83. The van der Waals surface area contributed by atoms with Crippen LogP contribution in [0.2, 0.25) is 5.02 Å². The van der Waals surface area contributed by atoms with E-state index >= 15 is 0 Å². The molecule has 1 aliphatic rings. The maximum atomic E-state index is 6.06. The third-order valence-corrected chi connectivity index (χ3v) is 7.36. The second-order valence-electron chi connectivity index (χ2n) is 8.90. The predicted octanol–water partition coefficient (Wildman–Crippen LogP) is 6.92. The van der Waals surface area contributed by atoms with Crippen LogP contribution in [0.1, 0.15) is 43.1 Å². The van der Waals surface area contributed by atoms with Gasteiger partial charge in [0.15, 0.2) is 17.0 Å². The number of hydrogen-bond donors (Lipinski definition) is 0. The van der Waals surface area contributed by atoms with Crippen molar-refractivity contribution < 1.29 is 0 Å². The summed E-state index contributed by atoms with van der Waals surface area (Å²) < 4.78 is 2.10. The van der Waals surface area contributed by atoms with E-state index in [1.165, 1.54) is 21.6 Å². The summed E-state index contributed by atoms with van der Waals surface area (Å²) in [5.41, 5.74) is 6.70. The van der Waals surface area contributed by atoms with Crippen molar-refractivity contribution in [2.75, 3.05) is 24.2 Å². The van der Waals surface area contributed by atoms with Gasteiger partial charge in [-0.05, 0) is 66.5 Å². The Morgan fingerprint density at radius 3 is 2.53 bits per heavy atom. The van der Waals surface area contributed by atoms with Crippen molar-refractivity contribution in [3.05, 3.63) is 76.8 Å². The first-order chi connectivity index (χ1) is 16.4. The molecule has 0 bridgehead atoms. The number of thioether (sulfide) groups is 1. The molecule has 5 nitrogen and oxygen atoms in total. The van der Waals surface area contributed by atoms with Crippen molar-refractivity contribution >= 4 is 45.9 Å². The summed E-state index contributed by atoms with van der Waals surface area (Å²) in [6.45, 7) is 8.07. The Labute approximate surface area is 209 Å². The lowest BCUT2D eigenvalue weighted by molar-refractivity contribution is 0.813. The Balaban J connectivity index is 1.51. The average Bonchev–Trinajstić information content (AvgIpc) is 3.27. The third kappa shape index (κ3) is 4.32. The van der Waals surface area contributed by atoms with Crippen LogP contribution in [-0.4, -0.2) is 38.9 Å². The number of benzene rings is 2. The summed E-state index contributed by atoms with van der Waals surface area (Å²) in [4.78, 5) is 17.9. The van der Waals surface area contributed by atoms with Crippen LogP contribution in [0.3, 0.4) is 0 Å². The maximum absolute atomic E-state index is 6.06. The number of hydrogen-bond acceptors (Lipinski definition) is 5. The second kappa shape index (κ2) is 9.43. The predicted molar refractivity (Wildman–Crippen MR) is 144 cm³/mol. The highest BCUT2D eigenvalue weighted by atomic mass is 35.5. The molecule has 3 heterocycles. The van der Waals surface area contributed by atoms with Crippen LogP contribution in [0.25, 0.3) is 22.4 Å². The Bertz CT molecular complexity index is 1370. The maximum Gasteiger partial charge on any atom is 0.170 e. The van der Waals surface area contributed by atoms with Gasteiger partial charge >= 0.3 is 0 Å². The molecule has 0 fully saturated rings. The minimum Gasteiger partial charge on any atom is -0.351 e. The fourth-order valence-corrected chi connectivity index (χ4v) is 5.18. The molecule has 0 saturated carbocycles. The zero-order chi connectivity index (χ0) is 23.8. The van der Waals surface area contributed by atoms with Gasteiger partial charge in [0.2, 0.25) is 0 Å². The van der Waals surface area contributed by atoms with Crippen LogP contribution < -0.4 is 4.90 Å². The molecule has 5 rings (SSSR count). The molecule has 0 N–H and O–H groups in total. The van der Waals surface area contributed by atoms with Crippen LogP contribution in [0.5, 0.6) is 0 Å². The van der Waals surface area contributed by atoms with Crippen molar-refractivity contribution in [1.82, 2.24) is 19.5 Å². The number of imidazole rings is 1. The highest BCUT2D eigenvalue weighted by Crippen LogP contribution is 2.33. The van der Waals surface area contributed by atoms with E-state index in [-0.39, 0.29) is 0 Å². The molecule has 4 aromatic rings. The van der Waals surface area contributed by atoms with Crippen LogP contribution in [0.4, 0.5) is 5.82 Å². The lowest BCUT2D eigenvalue weighted by Crippen LogP contribution is -2.29. The molecule has 2 aromatic carbocycles. The molecule has 0 amide bonds. The SMILES string of the molecule is CSc1cc(C(C)C)ccc1-n1cnc2c(N3CC=C(c4ccc(Cl)cc4)CC3)nc(C)nc21. The molecule has 0 aliphatic carbocycles. The van der Waals surface area contributed by atoms with Gasteiger partial charge in [-0.1, -0.05) is 49.7 Å². The van der Waals surface area contributed by atoms with Crippen LogP contribution >= 0.6 is 23.4 Å². The van der Waals surface area contributed by atoms with Crippen molar-refractivity contribution in [1.29, 1.82) is 0 Å². The van der Waals surface area contributed by atoms with Crippen molar-refractivity contribution in [3.63, 3.8) is 0 Å². The minimum atomic E-state index is 0.487. The number of aromatic nitrogens is 4. The summed E-state index contributed by atoms with van der Waals surface area (Å²) in [6, 6.07) is 14.7. The summed E-state index contributed by atoms with van der Waals surface area (Å²) >= 11 is 7.81. The van der Waals surface area contributed by atoms with Gasteiger partial charge in [0.1, 0.15) is 12.2 Å². The van der Waals surface area contributed by atoms with Gasteiger partial charge in [-0.3, -0.25) is 4.57 Å². The number of nitrogens with zero attached hydrogens (tertiary/aromatic N) is 5. The van der Waals surface area contributed by atoms with Crippen LogP contribution in [0, 0.1) is 6.92 Å². The monoisotopic (exact) mass is 489 g/mol. The highest BCUT2D eigenvalue weighted by molar-refractivity contribution is 7.98. The van der Waals surface area contributed by atoms with Gasteiger partial charge in [-0.15, -0.1) is 11.8 Å². The van der Waals surface area contributed by atoms with Gasteiger partial charge < -0.3 is 4.90 Å². The van der Waals surface area contributed by atoms with Gasteiger partial charge in [-0.2, -0.15) is 0 Å². The fraction of sp³-hybridized carbons (Fsp3) is 0.296. The Morgan fingerprint density at radius 1 is 1.06 bits per heavy atom. The number of rotatable bonds is 5. The van der Waals surface area contributed by atoms with Gasteiger partial charge in [0.05, 0.1) is 5.69 Å². The zero-order valence-electron chi connectivity index (χ0n) is 19.9. The van der Waals surface area contributed by atoms with E-state index in [1.807, 2.05) is 25.4 Å². The zero-order valence-corrected chi connectivity index (χ0v) is 21.5. The Morgan fingerprint density at radius 2 is 1.85 bits per heavy atom. The molecular formula is C27H28ClN5S. The average molecular weight is 490 g/mol. The van der Waals surface area contributed by atoms with E-state index in [1.54, 1.807) is 11.8 Å². The molecule has 0 radical (unpaired) electrons.